The van der Waals surface area contributed by atoms with Crippen LogP contribution in [0.15, 0.2) is 18.2 Å². The number of aromatic nitrogens is 2. The van der Waals surface area contributed by atoms with Crippen LogP contribution in [0.4, 0.5) is 0 Å². The van der Waals surface area contributed by atoms with E-state index in [1.54, 1.807) is 0 Å². The minimum Gasteiger partial charge on any atom is -0.324 e. The van der Waals surface area contributed by atoms with E-state index in [0.717, 1.165) is 22.4 Å². The van der Waals surface area contributed by atoms with Gasteiger partial charge in [0.05, 0.1) is 27.9 Å². The Morgan fingerprint density at radius 3 is 2.62 bits per heavy atom. The number of nitrogens with zero attached hydrogens (tertiary/aromatic N) is 2. The van der Waals surface area contributed by atoms with E-state index >= 15 is 0 Å². The Hall–Kier alpha value is -1.07. The number of rotatable bonds is 2. The number of fused-ring (bicyclic) bond motifs is 1. The summed E-state index contributed by atoms with van der Waals surface area (Å²) >= 11 is 6.31. The fourth-order valence-corrected chi connectivity index (χ4v) is 4.70. The molecule has 1 aliphatic heterocycles. The predicted molar refractivity (Wildman–Crippen MR) is 85.7 cm³/mol. The van der Waals surface area contributed by atoms with E-state index in [-0.39, 0.29) is 22.9 Å². The van der Waals surface area contributed by atoms with Gasteiger partial charge >= 0.3 is 0 Å². The van der Waals surface area contributed by atoms with Gasteiger partial charge in [0.1, 0.15) is 15.7 Å². The molecule has 0 aliphatic carbocycles. The second-order valence-electron chi connectivity index (χ2n) is 5.78. The lowest BCUT2D eigenvalue weighted by molar-refractivity contribution is 0.446. The topological polar surface area (TPSA) is 52.0 Å². The van der Waals surface area contributed by atoms with E-state index in [2.05, 4.69) is 4.57 Å². The van der Waals surface area contributed by atoms with Crippen LogP contribution in [-0.4, -0.2) is 29.5 Å². The lowest BCUT2D eigenvalue weighted by atomic mass is 10.1. The van der Waals surface area contributed by atoms with Crippen LogP contribution in [-0.2, 0) is 9.84 Å². The molecule has 1 unspecified atom stereocenters. The van der Waals surface area contributed by atoms with Gasteiger partial charge < -0.3 is 4.57 Å². The molecule has 1 atom stereocenters. The van der Waals surface area contributed by atoms with Crippen LogP contribution < -0.4 is 0 Å². The monoisotopic (exact) mass is 326 g/mol. The number of aryl methyl sites for hydroxylation is 1. The second kappa shape index (κ2) is 5.29. The zero-order valence-corrected chi connectivity index (χ0v) is 13.8. The first kappa shape index (κ1) is 14.9. The first-order valence-corrected chi connectivity index (χ1v) is 9.47. The molecule has 3 rings (SSSR count). The first-order chi connectivity index (χ1) is 9.89. The molecule has 0 bridgehead atoms. The molecule has 0 spiro atoms. The normalized spacial score (nSPS) is 20.7. The van der Waals surface area contributed by atoms with E-state index in [1.807, 2.05) is 32.0 Å². The molecule has 0 N–H and O–H groups in total. The maximum absolute atomic E-state index is 11.7. The second-order valence-corrected chi connectivity index (χ2v) is 8.74. The first-order valence-electron chi connectivity index (χ1n) is 7.21. The summed E-state index contributed by atoms with van der Waals surface area (Å²) in [5.41, 5.74) is 3.14. The average Bonchev–Trinajstić information content (AvgIpc) is 2.80. The lowest BCUT2D eigenvalue weighted by Crippen LogP contribution is -2.26. The van der Waals surface area contributed by atoms with Gasteiger partial charge in [-0.15, -0.1) is 11.6 Å². The van der Waals surface area contributed by atoms with Gasteiger partial charge in [0, 0.05) is 6.04 Å². The molecule has 1 aromatic carbocycles. The molecule has 114 valence electrons. The molecule has 0 saturated carbocycles. The Morgan fingerprint density at radius 1 is 1.33 bits per heavy atom. The van der Waals surface area contributed by atoms with Crippen molar-refractivity contribution in [2.24, 2.45) is 0 Å². The van der Waals surface area contributed by atoms with Crippen molar-refractivity contribution >= 4 is 32.5 Å². The van der Waals surface area contributed by atoms with Crippen LogP contribution in [0.2, 0.25) is 0 Å². The van der Waals surface area contributed by atoms with Crippen molar-refractivity contribution in [2.45, 2.75) is 38.1 Å². The van der Waals surface area contributed by atoms with Crippen molar-refractivity contribution in [1.29, 1.82) is 0 Å². The molecule has 1 aromatic heterocycles. The van der Waals surface area contributed by atoms with Crippen LogP contribution in [0.25, 0.3) is 11.0 Å². The van der Waals surface area contributed by atoms with Crippen LogP contribution in [0.1, 0.15) is 42.6 Å². The third-order valence-electron chi connectivity index (χ3n) is 4.19. The van der Waals surface area contributed by atoms with Crippen LogP contribution >= 0.6 is 11.6 Å². The quantitative estimate of drug-likeness (QED) is 0.795. The smallest absolute Gasteiger partial charge is 0.150 e. The number of sulfone groups is 1. The number of imidazole rings is 1. The number of alkyl halides is 1. The van der Waals surface area contributed by atoms with Crippen LogP contribution in [0.5, 0.6) is 0 Å². The summed E-state index contributed by atoms with van der Waals surface area (Å²) in [4.78, 5) is 4.70. The summed E-state index contributed by atoms with van der Waals surface area (Å²) in [6.45, 7) is 3.95. The molecule has 21 heavy (non-hydrogen) atoms. The van der Waals surface area contributed by atoms with E-state index in [0.29, 0.717) is 12.8 Å². The van der Waals surface area contributed by atoms with Crippen LogP contribution in [0, 0.1) is 6.92 Å². The molecular formula is C15H19ClN2O2S. The highest BCUT2D eigenvalue weighted by atomic mass is 35.5. The van der Waals surface area contributed by atoms with Gasteiger partial charge in [-0.3, -0.25) is 0 Å². The SMILES string of the molecule is Cc1cccc2c1nc(C(C)Cl)n2C1CCS(=O)(=O)CC1. The van der Waals surface area contributed by atoms with Crippen molar-refractivity contribution in [2.75, 3.05) is 11.5 Å². The molecule has 2 heterocycles. The highest BCUT2D eigenvalue weighted by Gasteiger charge is 2.28. The minimum atomic E-state index is -2.87. The third-order valence-corrected chi connectivity index (χ3v) is 6.10. The molecule has 2 aromatic rings. The van der Waals surface area contributed by atoms with Crippen LogP contribution in [0.3, 0.4) is 0 Å². The summed E-state index contributed by atoms with van der Waals surface area (Å²) in [5, 5.41) is -0.199. The standard InChI is InChI=1S/C15H19ClN2O2S/c1-10-4-3-5-13-14(10)17-15(11(2)16)18(13)12-6-8-21(19,20)9-7-12/h3-5,11-12H,6-9H2,1-2H3. The van der Waals surface area contributed by atoms with Gasteiger partial charge in [0.15, 0.2) is 0 Å². The number of para-hydroxylation sites is 1. The van der Waals surface area contributed by atoms with Gasteiger partial charge in [-0.05, 0) is 38.3 Å². The fourth-order valence-electron chi connectivity index (χ4n) is 3.08. The molecule has 4 nitrogen and oxygen atoms in total. The molecule has 0 amide bonds. The van der Waals surface area contributed by atoms with Crippen molar-refractivity contribution in [1.82, 2.24) is 9.55 Å². The summed E-state index contributed by atoms with van der Waals surface area (Å²) in [5.74, 6) is 1.34. The summed E-state index contributed by atoms with van der Waals surface area (Å²) < 4.78 is 25.5. The maximum atomic E-state index is 11.7. The molecule has 1 saturated heterocycles. The van der Waals surface area contributed by atoms with Crippen molar-refractivity contribution in [3.05, 3.63) is 29.6 Å². The number of hydrogen-bond donors (Lipinski definition) is 0. The Morgan fingerprint density at radius 2 is 2.00 bits per heavy atom. The summed E-state index contributed by atoms with van der Waals surface area (Å²) in [7, 11) is -2.87. The van der Waals surface area contributed by atoms with Crippen molar-refractivity contribution < 1.29 is 8.42 Å². The lowest BCUT2D eigenvalue weighted by Gasteiger charge is -2.26. The Bertz CT molecular complexity index is 766. The van der Waals surface area contributed by atoms with Crippen molar-refractivity contribution in [3.8, 4) is 0 Å². The number of halogens is 1. The Labute approximate surface area is 130 Å². The summed E-state index contributed by atoms with van der Waals surface area (Å²) in [6.07, 6.45) is 1.27. The van der Waals surface area contributed by atoms with E-state index in [4.69, 9.17) is 16.6 Å². The Kier molecular flexibility index (Phi) is 3.74. The molecule has 1 fully saturated rings. The highest BCUT2D eigenvalue weighted by molar-refractivity contribution is 7.91. The Balaban J connectivity index is 2.12. The molecular weight excluding hydrogens is 308 g/mol. The predicted octanol–water partition coefficient (Wildman–Crippen LogP) is 3.39. The third kappa shape index (κ3) is 2.69. The summed E-state index contributed by atoms with van der Waals surface area (Å²) in [6, 6.07) is 6.25. The van der Waals surface area contributed by atoms with Gasteiger partial charge in [-0.2, -0.15) is 0 Å². The van der Waals surface area contributed by atoms with E-state index in [1.165, 1.54) is 0 Å². The molecule has 0 radical (unpaired) electrons. The van der Waals surface area contributed by atoms with Crippen molar-refractivity contribution in [3.63, 3.8) is 0 Å². The number of benzene rings is 1. The van der Waals surface area contributed by atoms with Gasteiger partial charge in [0.25, 0.3) is 0 Å². The number of hydrogen-bond acceptors (Lipinski definition) is 3. The van der Waals surface area contributed by atoms with E-state index < -0.39 is 9.84 Å². The van der Waals surface area contributed by atoms with Gasteiger partial charge in [-0.25, -0.2) is 13.4 Å². The molecule has 6 heteroatoms. The highest BCUT2D eigenvalue weighted by Crippen LogP contribution is 2.34. The largest absolute Gasteiger partial charge is 0.324 e. The average molecular weight is 327 g/mol. The maximum Gasteiger partial charge on any atom is 0.150 e. The molecule has 1 aliphatic rings. The zero-order valence-electron chi connectivity index (χ0n) is 12.2. The zero-order chi connectivity index (χ0) is 15.2. The van der Waals surface area contributed by atoms with Gasteiger partial charge in [0.2, 0.25) is 0 Å². The van der Waals surface area contributed by atoms with Gasteiger partial charge in [-0.1, -0.05) is 12.1 Å². The minimum absolute atomic E-state index is 0.163. The van der Waals surface area contributed by atoms with E-state index in [9.17, 15) is 8.42 Å². The fraction of sp³-hybridized carbons (Fsp3) is 0.533.